The maximum atomic E-state index is 12.7. The molecule has 1 amide bonds. The van der Waals surface area contributed by atoms with Crippen LogP contribution in [0.5, 0.6) is 0 Å². The van der Waals surface area contributed by atoms with E-state index in [1.807, 2.05) is 4.90 Å². The lowest BCUT2D eigenvalue weighted by atomic mass is 10.0. The van der Waals surface area contributed by atoms with Gasteiger partial charge in [0.2, 0.25) is 0 Å². The van der Waals surface area contributed by atoms with Gasteiger partial charge in [0, 0.05) is 44.2 Å². The Morgan fingerprint density at radius 3 is 2.64 bits per heavy atom. The summed E-state index contributed by atoms with van der Waals surface area (Å²) in [6.07, 6.45) is 4.37. The van der Waals surface area contributed by atoms with Gasteiger partial charge in [-0.15, -0.1) is 0 Å². The number of carbonyl (C=O) groups is 1. The van der Waals surface area contributed by atoms with E-state index >= 15 is 0 Å². The van der Waals surface area contributed by atoms with Crippen molar-refractivity contribution in [2.45, 2.75) is 38.2 Å². The van der Waals surface area contributed by atoms with Crippen molar-refractivity contribution in [3.63, 3.8) is 0 Å². The smallest absolute Gasteiger partial charge is 0.293 e. The van der Waals surface area contributed by atoms with Gasteiger partial charge in [-0.25, -0.2) is 0 Å². The summed E-state index contributed by atoms with van der Waals surface area (Å²) in [4.78, 5) is 27.3. The maximum Gasteiger partial charge on any atom is 0.293 e. The van der Waals surface area contributed by atoms with Gasteiger partial charge in [-0.3, -0.25) is 14.9 Å². The van der Waals surface area contributed by atoms with Gasteiger partial charge < -0.3 is 14.9 Å². The number of aliphatic hydroxyl groups excluding tert-OH is 1. The van der Waals surface area contributed by atoms with Crippen molar-refractivity contribution >= 4 is 17.3 Å². The summed E-state index contributed by atoms with van der Waals surface area (Å²) in [6, 6.07) is 4.75. The number of aliphatic hydroxyl groups is 1. The van der Waals surface area contributed by atoms with Gasteiger partial charge in [-0.05, 0) is 37.8 Å². The summed E-state index contributed by atoms with van der Waals surface area (Å²) in [7, 11) is 1.69. The summed E-state index contributed by atoms with van der Waals surface area (Å²) in [5.74, 6) is -0.150. The molecule has 1 aromatic carbocycles. The van der Waals surface area contributed by atoms with Crippen LogP contribution in [0.4, 0.5) is 11.4 Å². The molecule has 0 aromatic heterocycles. The van der Waals surface area contributed by atoms with E-state index < -0.39 is 4.92 Å². The molecule has 2 atom stereocenters. The Morgan fingerprint density at radius 1 is 1.32 bits per heavy atom. The minimum atomic E-state index is -0.412. The Kier molecular flexibility index (Phi) is 5.22. The van der Waals surface area contributed by atoms with Gasteiger partial charge in [0.05, 0.1) is 11.0 Å². The normalized spacial score (nSPS) is 23.0. The average molecular weight is 347 g/mol. The minimum Gasteiger partial charge on any atom is -0.393 e. The molecule has 25 heavy (non-hydrogen) atoms. The van der Waals surface area contributed by atoms with Crippen molar-refractivity contribution in [1.82, 2.24) is 4.90 Å². The topological polar surface area (TPSA) is 86.9 Å². The molecule has 1 aliphatic heterocycles. The SMILES string of the molecule is CN(CC1CCCC1O)C(=O)c1ccc(N2CCCC2)c([N+](=O)[O-])c1. The van der Waals surface area contributed by atoms with Crippen molar-refractivity contribution in [3.8, 4) is 0 Å². The summed E-state index contributed by atoms with van der Waals surface area (Å²) in [5, 5.41) is 21.4. The van der Waals surface area contributed by atoms with Crippen LogP contribution in [0.3, 0.4) is 0 Å². The molecule has 1 aliphatic carbocycles. The number of nitro benzene ring substituents is 1. The molecule has 1 aromatic rings. The van der Waals surface area contributed by atoms with E-state index in [9.17, 15) is 20.0 Å². The zero-order valence-electron chi connectivity index (χ0n) is 14.6. The van der Waals surface area contributed by atoms with Crippen molar-refractivity contribution in [2.75, 3.05) is 31.6 Å². The molecule has 1 N–H and O–H groups in total. The third-order valence-electron chi connectivity index (χ3n) is 5.34. The summed E-state index contributed by atoms with van der Waals surface area (Å²) >= 11 is 0. The first-order chi connectivity index (χ1) is 12.0. The van der Waals surface area contributed by atoms with E-state index in [1.54, 1.807) is 24.1 Å². The van der Waals surface area contributed by atoms with Crippen LogP contribution in [0, 0.1) is 16.0 Å². The molecular formula is C18H25N3O4. The first-order valence-electron chi connectivity index (χ1n) is 8.94. The number of amides is 1. The highest BCUT2D eigenvalue weighted by Gasteiger charge is 2.29. The van der Waals surface area contributed by atoms with E-state index in [4.69, 9.17) is 0 Å². The number of benzene rings is 1. The number of hydrogen-bond acceptors (Lipinski definition) is 5. The van der Waals surface area contributed by atoms with Crippen LogP contribution >= 0.6 is 0 Å². The van der Waals surface area contributed by atoms with Crippen LogP contribution in [0.25, 0.3) is 0 Å². The van der Waals surface area contributed by atoms with Gasteiger partial charge in [0.1, 0.15) is 5.69 Å². The molecule has 0 spiro atoms. The third kappa shape index (κ3) is 3.76. The molecule has 2 aliphatic rings. The predicted octanol–water partition coefficient (Wildman–Crippen LogP) is 2.43. The second-order valence-corrected chi connectivity index (χ2v) is 7.10. The van der Waals surface area contributed by atoms with Crippen molar-refractivity contribution in [3.05, 3.63) is 33.9 Å². The minimum absolute atomic E-state index is 0.0120. The summed E-state index contributed by atoms with van der Waals surface area (Å²) in [6.45, 7) is 2.10. The molecular weight excluding hydrogens is 322 g/mol. The lowest BCUT2D eigenvalue weighted by Crippen LogP contribution is -2.34. The number of anilines is 1. The summed E-state index contributed by atoms with van der Waals surface area (Å²) in [5.41, 5.74) is 0.902. The first kappa shape index (κ1) is 17.7. The Labute approximate surface area is 147 Å². The first-order valence-corrected chi connectivity index (χ1v) is 8.94. The Hall–Kier alpha value is -2.15. The molecule has 7 heteroatoms. The molecule has 2 unspecified atom stereocenters. The average Bonchev–Trinajstić information content (AvgIpc) is 3.26. The second-order valence-electron chi connectivity index (χ2n) is 7.10. The van der Waals surface area contributed by atoms with Crippen LogP contribution in [-0.4, -0.2) is 53.6 Å². The monoisotopic (exact) mass is 347 g/mol. The van der Waals surface area contributed by atoms with Crippen molar-refractivity contribution in [1.29, 1.82) is 0 Å². The van der Waals surface area contributed by atoms with Gasteiger partial charge in [0.25, 0.3) is 11.6 Å². The van der Waals surface area contributed by atoms with E-state index in [-0.39, 0.29) is 23.6 Å². The van der Waals surface area contributed by atoms with Gasteiger partial charge in [0.15, 0.2) is 0 Å². The second kappa shape index (κ2) is 7.39. The fraction of sp³-hybridized carbons (Fsp3) is 0.611. The highest BCUT2D eigenvalue weighted by molar-refractivity contribution is 5.95. The van der Waals surface area contributed by atoms with Crippen LogP contribution in [-0.2, 0) is 0 Å². The molecule has 1 heterocycles. The van der Waals surface area contributed by atoms with Crippen molar-refractivity contribution in [2.24, 2.45) is 5.92 Å². The Balaban J connectivity index is 1.77. The molecule has 1 saturated heterocycles. The predicted molar refractivity (Wildman–Crippen MR) is 94.9 cm³/mol. The van der Waals surface area contributed by atoms with E-state index in [0.29, 0.717) is 17.8 Å². The Morgan fingerprint density at radius 2 is 2.04 bits per heavy atom. The van der Waals surface area contributed by atoms with Crippen molar-refractivity contribution < 1.29 is 14.8 Å². The zero-order chi connectivity index (χ0) is 18.0. The van der Waals surface area contributed by atoms with E-state index in [1.165, 1.54) is 6.07 Å². The fourth-order valence-corrected chi connectivity index (χ4v) is 3.91. The quantitative estimate of drug-likeness (QED) is 0.653. The molecule has 7 nitrogen and oxygen atoms in total. The number of nitrogens with zero attached hydrogens (tertiary/aromatic N) is 3. The molecule has 0 radical (unpaired) electrons. The number of hydrogen-bond donors (Lipinski definition) is 1. The molecule has 2 fully saturated rings. The molecule has 136 valence electrons. The Bertz CT molecular complexity index is 658. The molecule has 3 rings (SSSR count). The van der Waals surface area contributed by atoms with E-state index in [2.05, 4.69) is 0 Å². The lowest BCUT2D eigenvalue weighted by molar-refractivity contribution is -0.384. The van der Waals surface area contributed by atoms with Gasteiger partial charge in [-0.1, -0.05) is 6.42 Å². The number of rotatable bonds is 5. The van der Waals surface area contributed by atoms with Crippen LogP contribution in [0.1, 0.15) is 42.5 Å². The lowest BCUT2D eigenvalue weighted by Gasteiger charge is -2.24. The molecule has 0 bridgehead atoms. The van der Waals surface area contributed by atoms with Gasteiger partial charge >= 0.3 is 0 Å². The largest absolute Gasteiger partial charge is 0.393 e. The number of nitro groups is 1. The van der Waals surface area contributed by atoms with E-state index in [0.717, 1.165) is 45.2 Å². The van der Waals surface area contributed by atoms with Crippen LogP contribution in [0.15, 0.2) is 18.2 Å². The standard InChI is InChI=1S/C18H25N3O4/c1-19(12-14-5-4-6-17(14)22)18(23)13-7-8-15(16(11-13)21(24)25)20-9-2-3-10-20/h7-8,11,14,17,22H,2-6,9-10,12H2,1H3. The van der Waals surface area contributed by atoms with Gasteiger partial charge in [-0.2, -0.15) is 0 Å². The summed E-state index contributed by atoms with van der Waals surface area (Å²) < 4.78 is 0. The fourth-order valence-electron chi connectivity index (χ4n) is 3.91. The maximum absolute atomic E-state index is 12.7. The molecule has 1 saturated carbocycles. The van der Waals surface area contributed by atoms with Crippen LogP contribution < -0.4 is 4.90 Å². The zero-order valence-corrected chi connectivity index (χ0v) is 14.6. The highest BCUT2D eigenvalue weighted by atomic mass is 16.6. The third-order valence-corrected chi connectivity index (χ3v) is 5.34. The van der Waals surface area contributed by atoms with Crippen LogP contribution in [0.2, 0.25) is 0 Å². The number of carbonyl (C=O) groups excluding carboxylic acids is 1. The highest BCUT2D eigenvalue weighted by Crippen LogP contribution is 2.32.